The number of nitrogens with zero attached hydrogens (tertiary/aromatic N) is 1. The highest BCUT2D eigenvalue weighted by Gasteiger charge is 2.41. The van der Waals surface area contributed by atoms with Crippen LogP contribution in [0, 0.1) is 0 Å². The van der Waals surface area contributed by atoms with Gasteiger partial charge in [0, 0.05) is 19.6 Å². The standard InChI is InChI=1S/C22H26N2O2/c25-21-16-19-8-4-5-9-20(19)22(23-21)10-12-24(13-11-22)14-15-26-17-18-6-2-1-3-7-18/h1-9H,10-17H2,(H,23,25). The molecule has 0 atom stereocenters. The van der Waals surface area contributed by atoms with Gasteiger partial charge in [-0.1, -0.05) is 54.6 Å². The SMILES string of the molecule is O=C1Cc2ccccc2C2(CCN(CCOCc3ccccc3)CC2)N1. The highest BCUT2D eigenvalue weighted by atomic mass is 16.5. The molecule has 4 nitrogen and oxygen atoms in total. The smallest absolute Gasteiger partial charge is 0.225 e. The third-order valence-electron chi connectivity index (χ3n) is 5.64. The lowest BCUT2D eigenvalue weighted by atomic mass is 9.75. The van der Waals surface area contributed by atoms with E-state index in [2.05, 4.69) is 40.5 Å². The van der Waals surface area contributed by atoms with E-state index in [4.69, 9.17) is 4.74 Å². The van der Waals surface area contributed by atoms with Crippen LogP contribution in [0.1, 0.15) is 29.5 Å². The maximum absolute atomic E-state index is 12.2. The third kappa shape index (κ3) is 3.67. The van der Waals surface area contributed by atoms with Gasteiger partial charge in [-0.2, -0.15) is 0 Å². The molecule has 2 aromatic rings. The molecule has 0 unspecified atom stereocenters. The van der Waals surface area contributed by atoms with E-state index in [1.165, 1.54) is 16.7 Å². The van der Waals surface area contributed by atoms with Crippen LogP contribution in [0.4, 0.5) is 0 Å². The summed E-state index contributed by atoms with van der Waals surface area (Å²) in [4.78, 5) is 14.6. The Morgan fingerprint density at radius 1 is 1.00 bits per heavy atom. The molecule has 2 aliphatic rings. The number of likely N-dealkylation sites (tertiary alicyclic amines) is 1. The maximum Gasteiger partial charge on any atom is 0.225 e. The van der Waals surface area contributed by atoms with E-state index >= 15 is 0 Å². The predicted octanol–water partition coefficient (Wildman–Crippen LogP) is 2.87. The summed E-state index contributed by atoms with van der Waals surface area (Å²) < 4.78 is 5.82. The molecule has 2 aliphatic heterocycles. The van der Waals surface area contributed by atoms with Crippen LogP contribution in [-0.4, -0.2) is 37.0 Å². The number of fused-ring (bicyclic) bond motifs is 2. The van der Waals surface area contributed by atoms with Gasteiger partial charge in [0.1, 0.15) is 0 Å². The molecule has 0 aliphatic carbocycles. The summed E-state index contributed by atoms with van der Waals surface area (Å²) in [5, 5.41) is 3.30. The van der Waals surface area contributed by atoms with Crippen molar-refractivity contribution in [3.8, 4) is 0 Å². The van der Waals surface area contributed by atoms with Crippen LogP contribution < -0.4 is 5.32 Å². The van der Waals surface area contributed by atoms with Gasteiger partial charge >= 0.3 is 0 Å². The summed E-state index contributed by atoms with van der Waals surface area (Å²) in [6.07, 6.45) is 2.44. The highest BCUT2D eigenvalue weighted by molar-refractivity contribution is 5.82. The fourth-order valence-corrected chi connectivity index (χ4v) is 4.20. The van der Waals surface area contributed by atoms with Crippen molar-refractivity contribution >= 4 is 5.91 Å². The first kappa shape index (κ1) is 17.3. The monoisotopic (exact) mass is 350 g/mol. The number of hydrogen-bond donors (Lipinski definition) is 1. The van der Waals surface area contributed by atoms with Crippen molar-refractivity contribution in [3.05, 3.63) is 71.3 Å². The van der Waals surface area contributed by atoms with Gasteiger partial charge in [0.2, 0.25) is 5.91 Å². The molecule has 4 heteroatoms. The zero-order valence-electron chi connectivity index (χ0n) is 15.1. The first-order chi connectivity index (χ1) is 12.8. The normalized spacial score (nSPS) is 19.2. The number of benzene rings is 2. The fraction of sp³-hybridized carbons (Fsp3) is 0.409. The van der Waals surface area contributed by atoms with E-state index in [0.29, 0.717) is 13.0 Å². The van der Waals surface area contributed by atoms with Gasteiger partial charge < -0.3 is 15.0 Å². The Kier molecular flexibility index (Phi) is 5.05. The van der Waals surface area contributed by atoms with Crippen LogP contribution in [0.2, 0.25) is 0 Å². The fourth-order valence-electron chi connectivity index (χ4n) is 4.20. The minimum Gasteiger partial charge on any atom is -0.375 e. The Morgan fingerprint density at radius 3 is 2.54 bits per heavy atom. The van der Waals surface area contributed by atoms with Crippen molar-refractivity contribution in [1.82, 2.24) is 10.2 Å². The predicted molar refractivity (Wildman–Crippen MR) is 102 cm³/mol. The van der Waals surface area contributed by atoms with Gasteiger partial charge in [-0.15, -0.1) is 0 Å². The molecule has 26 heavy (non-hydrogen) atoms. The van der Waals surface area contributed by atoms with Gasteiger partial charge in [0.05, 0.1) is 25.2 Å². The molecule has 1 fully saturated rings. The van der Waals surface area contributed by atoms with Crippen LogP contribution >= 0.6 is 0 Å². The van der Waals surface area contributed by atoms with Crippen molar-refractivity contribution < 1.29 is 9.53 Å². The van der Waals surface area contributed by atoms with Crippen molar-refractivity contribution in [2.75, 3.05) is 26.2 Å². The van der Waals surface area contributed by atoms with E-state index in [-0.39, 0.29) is 11.4 Å². The Labute approximate surface area is 155 Å². The second kappa shape index (κ2) is 7.60. The minimum absolute atomic E-state index is 0.156. The number of hydrogen-bond acceptors (Lipinski definition) is 3. The number of piperidine rings is 1. The van der Waals surface area contributed by atoms with Crippen molar-refractivity contribution in [2.45, 2.75) is 31.4 Å². The summed E-state index contributed by atoms with van der Waals surface area (Å²) in [7, 11) is 0. The molecular weight excluding hydrogens is 324 g/mol. The van der Waals surface area contributed by atoms with E-state index in [1.807, 2.05) is 24.3 Å². The highest BCUT2D eigenvalue weighted by Crippen LogP contribution is 2.37. The molecular formula is C22H26N2O2. The topological polar surface area (TPSA) is 41.6 Å². The molecule has 1 amide bonds. The minimum atomic E-state index is -0.173. The Bertz CT molecular complexity index is 752. The summed E-state index contributed by atoms with van der Waals surface area (Å²) in [5.41, 5.74) is 3.55. The van der Waals surface area contributed by atoms with E-state index in [9.17, 15) is 4.79 Å². The van der Waals surface area contributed by atoms with Crippen molar-refractivity contribution in [3.63, 3.8) is 0 Å². The van der Waals surface area contributed by atoms with Crippen LogP contribution in [0.25, 0.3) is 0 Å². The largest absolute Gasteiger partial charge is 0.375 e. The van der Waals surface area contributed by atoms with Gasteiger partial charge in [-0.25, -0.2) is 0 Å². The molecule has 0 saturated carbocycles. The van der Waals surface area contributed by atoms with Gasteiger partial charge in [0.25, 0.3) is 0 Å². The maximum atomic E-state index is 12.2. The molecule has 0 aromatic heterocycles. The lowest BCUT2D eigenvalue weighted by Crippen LogP contribution is -2.56. The number of carbonyl (C=O) groups is 1. The molecule has 136 valence electrons. The van der Waals surface area contributed by atoms with Crippen molar-refractivity contribution in [1.29, 1.82) is 0 Å². The van der Waals surface area contributed by atoms with E-state index in [0.717, 1.165) is 39.1 Å². The summed E-state index contributed by atoms with van der Waals surface area (Å²) >= 11 is 0. The second-order valence-electron chi connectivity index (χ2n) is 7.34. The Hall–Kier alpha value is -2.17. The zero-order valence-corrected chi connectivity index (χ0v) is 15.1. The summed E-state index contributed by atoms with van der Waals surface area (Å²) in [6, 6.07) is 18.7. The van der Waals surface area contributed by atoms with Crippen molar-refractivity contribution in [2.24, 2.45) is 0 Å². The molecule has 1 N–H and O–H groups in total. The first-order valence-corrected chi connectivity index (χ1v) is 9.49. The number of amides is 1. The van der Waals surface area contributed by atoms with Crippen LogP contribution in [0.3, 0.4) is 0 Å². The first-order valence-electron chi connectivity index (χ1n) is 9.49. The van der Waals surface area contributed by atoms with Gasteiger partial charge in [0.15, 0.2) is 0 Å². The Balaban J connectivity index is 1.30. The van der Waals surface area contributed by atoms with Gasteiger partial charge in [-0.3, -0.25) is 4.79 Å². The molecule has 0 bridgehead atoms. The third-order valence-corrected chi connectivity index (χ3v) is 5.64. The number of nitrogens with one attached hydrogen (secondary N) is 1. The zero-order chi connectivity index (χ0) is 17.8. The lowest BCUT2D eigenvalue weighted by molar-refractivity contribution is -0.124. The average molecular weight is 350 g/mol. The van der Waals surface area contributed by atoms with Gasteiger partial charge in [-0.05, 0) is 29.5 Å². The molecule has 0 radical (unpaired) electrons. The Morgan fingerprint density at radius 2 is 1.73 bits per heavy atom. The summed E-state index contributed by atoms with van der Waals surface area (Å²) in [6.45, 7) is 4.33. The quantitative estimate of drug-likeness (QED) is 0.843. The van der Waals surface area contributed by atoms with Crippen LogP contribution in [0.5, 0.6) is 0 Å². The molecule has 4 rings (SSSR count). The molecule has 1 spiro atoms. The molecule has 2 heterocycles. The van der Waals surface area contributed by atoms with E-state index < -0.39 is 0 Å². The molecule has 1 saturated heterocycles. The second-order valence-corrected chi connectivity index (χ2v) is 7.34. The number of rotatable bonds is 5. The summed E-state index contributed by atoms with van der Waals surface area (Å²) in [5.74, 6) is 0.156. The lowest BCUT2D eigenvalue weighted by Gasteiger charge is -2.45. The molecule has 2 aromatic carbocycles. The average Bonchev–Trinajstić information content (AvgIpc) is 2.67. The van der Waals surface area contributed by atoms with Crippen LogP contribution in [-0.2, 0) is 28.1 Å². The number of ether oxygens (including phenoxy) is 1. The number of carbonyl (C=O) groups excluding carboxylic acids is 1. The van der Waals surface area contributed by atoms with Crippen LogP contribution in [0.15, 0.2) is 54.6 Å². The van der Waals surface area contributed by atoms with E-state index in [1.54, 1.807) is 0 Å².